The lowest BCUT2D eigenvalue weighted by molar-refractivity contribution is 0.0621. The molecule has 1 atom stereocenters. The van der Waals surface area contributed by atoms with E-state index in [1.807, 2.05) is 18.2 Å². The molecule has 3 saturated heterocycles. The van der Waals surface area contributed by atoms with Crippen LogP contribution in [0.25, 0.3) is 11.1 Å². The van der Waals surface area contributed by atoms with E-state index in [-0.39, 0.29) is 11.9 Å². The van der Waals surface area contributed by atoms with E-state index in [0.717, 1.165) is 6.54 Å². The van der Waals surface area contributed by atoms with Crippen molar-refractivity contribution in [2.45, 2.75) is 25.8 Å². The molecule has 4 heterocycles. The third-order valence-electron chi connectivity index (χ3n) is 4.74. The van der Waals surface area contributed by atoms with Gasteiger partial charge in [-0.2, -0.15) is 0 Å². The second kappa shape index (κ2) is 4.84. The average molecular weight is 285 g/mol. The number of oxazole rings is 1. The number of fused-ring (bicyclic) bond motifs is 4. The van der Waals surface area contributed by atoms with Crippen LogP contribution in [-0.2, 0) is 0 Å². The van der Waals surface area contributed by atoms with Gasteiger partial charge in [0, 0.05) is 19.5 Å². The van der Waals surface area contributed by atoms with E-state index in [9.17, 15) is 4.79 Å². The second-order valence-electron chi connectivity index (χ2n) is 6.10. The van der Waals surface area contributed by atoms with Gasteiger partial charge in [-0.05, 0) is 44.0 Å². The summed E-state index contributed by atoms with van der Waals surface area (Å²) in [5.74, 6) is 1.18. The summed E-state index contributed by atoms with van der Waals surface area (Å²) in [4.78, 5) is 19.4. The van der Waals surface area contributed by atoms with Crippen LogP contribution in [0, 0.1) is 12.8 Å². The summed E-state index contributed by atoms with van der Waals surface area (Å²) in [5, 5.41) is 3.21. The first-order chi connectivity index (χ1) is 10.2. The minimum Gasteiger partial charge on any atom is -0.441 e. The van der Waals surface area contributed by atoms with E-state index in [1.165, 1.54) is 25.9 Å². The fourth-order valence-corrected chi connectivity index (χ4v) is 3.62. The van der Waals surface area contributed by atoms with Gasteiger partial charge >= 0.3 is 0 Å². The highest BCUT2D eigenvalue weighted by Gasteiger charge is 2.35. The lowest BCUT2D eigenvalue weighted by atomic mass is 9.84. The molecule has 21 heavy (non-hydrogen) atoms. The predicted octanol–water partition coefficient (Wildman–Crippen LogP) is 1.96. The Hall–Kier alpha value is -1.88. The molecule has 5 nitrogen and oxygen atoms in total. The lowest BCUT2D eigenvalue weighted by Gasteiger charge is -2.44. The molecule has 5 rings (SSSR count). The fourth-order valence-electron chi connectivity index (χ4n) is 3.62. The van der Waals surface area contributed by atoms with Crippen LogP contribution >= 0.6 is 0 Å². The van der Waals surface area contributed by atoms with Gasteiger partial charge in [0.1, 0.15) is 5.52 Å². The van der Waals surface area contributed by atoms with E-state index in [0.29, 0.717) is 28.5 Å². The number of rotatable bonds is 2. The molecule has 0 unspecified atom stereocenters. The molecule has 1 aromatic heterocycles. The fraction of sp³-hybridized carbons (Fsp3) is 0.500. The van der Waals surface area contributed by atoms with Gasteiger partial charge in [-0.15, -0.1) is 0 Å². The zero-order valence-electron chi connectivity index (χ0n) is 12.1. The predicted molar refractivity (Wildman–Crippen MR) is 79.2 cm³/mol. The Labute approximate surface area is 123 Å². The number of hydrogen-bond acceptors (Lipinski definition) is 4. The third kappa shape index (κ3) is 2.21. The number of nitrogens with one attached hydrogen (secondary N) is 1. The number of carbonyl (C=O) groups is 1. The van der Waals surface area contributed by atoms with E-state index >= 15 is 0 Å². The molecule has 110 valence electrons. The Morgan fingerprint density at radius 1 is 1.38 bits per heavy atom. The molecule has 0 spiro atoms. The summed E-state index contributed by atoms with van der Waals surface area (Å²) in [5.41, 5.74) is 1.95. The van der Waals surface area contributed by atoms with E-state index in [1.54, 1.807) is 6.92 Å². The van der Waals surface area contributed by atoms with Crippen LogP contribution in [0.5, 0.6) is 0 Å². The number of hydrogen-bond donors (Lipinski definition) is 1. The van der Waals surface area contributed by atoms with Crippen molar-refractivity contribution in [2.75, 3.05) is 19.6 Å². The van der Waals surface area contributed by atoms with Crippen molar-refractivity contribution in [3.63, 3.8) is 0 Å². The van der Waals surface area contributed by atoms with Gasteiger partial charge in [0.15, 0.2) is 11.5 Å². The molecule has 0 saturated carbocycles. The van der Waals surface area contributed by atoms with Crippen molar-refractivity contribution in [3.8, 4) is 0 Å². The topological polar surface area (TPSA) is 58.4 Å². The van der Waals surface area contributed by atoms with Gasteiger partial charge in [-0.25, -0.2) is 4.98 Å². The maximum atomic E-state index is 12.6. The molecule has 2 bridgehead atoms. The molecule has 2 aromatic rings. The summed E-state index contributed by atoms with van der Waals surface area (Å²) in [6.07, 6.45) is 2.39. The van der Waals surface area contributed by atoms with Gasteiger partial charge in [-0.3, -0.25) is 4.79 Å². The first-order valence-corrected chi connectivity index (χ1v) is 7.60. The highest BCUT2D eigenvalue weighted by Crippen LogP contribution is 2.28. The van der Waals surface area contributed by atoms with Crippen LogP contribution in [-0.4, -0.2) is 41.5 Å². The Kier molecular flexibility index (Phi) is 2.96. The monoisotopic (exact) mass is 285 g/mol. The van der Waals surface area contributed by atoms with Crippen molar-refractivity contribution in [3.05, 3.63) is 29.7 Å². The molecule has 0 radical (unpaired) electrons. The van der Waals surface area contributed by atoms with Crippen LogP contribution in [0.15, 0.2) is 22.6 Å². The quantitative estimate of drug-likeness (QED) is 0.916. The summed E-state index contributed by atoms with van der Waals surface area (Å²) in [6, 6.07) is 5.78. The standard InChI is InChI=1S/C16H19N3O2/c1-10-17-15-12(3-2-4-14(15)21-10)16(20)18-13-9-19-7-5-11(13)6-8-19/h2-4,11,13H,5-9H2,1H3,(H,18,20)/t13-/m0/s1. The molecule has 3 aliphatic heterocycles. The first-order valence-electron chi connectivity index (χ1n) is 7.60. The van der Waals surface area contributed by atoms with Crippen molar-refractivity contribution < 1.29 is 9.21 Å². The normalized spacial score (nSPS) is 28.0. The Balaban J connectivity index is 1.59. The number of para-hydroxylation sites is 1. The van der Waals surface area contributed by atoms with Crippen LogP contribution in [0.2, 0.25) is 0 Å². The number of aromatic nitrogens is 1. The number of nitrogens with zero attached hydrogens (tertiary/aromatic N) is 2. The summed E-state index contributed by atoms with van der Waals surface area (Å²) >= 11 is 0. The maximum absolute atomic E-state index is 12.6. The molecular weight excluding hydrogens is 266 g/mol. The number of amides is 1. The summed E-state index contributed by atoms with van der Waals surface area (Å²) in [6.45, 7) is 5.13. The number of benzene rings is 1. The van der Waals surface area contributed by atoms with Gasteiger partial charge in [0.25, 0.3) is 5.91 Å². The molecular formula is C16H19N3O2. The minimum atomic E-state index is -0.0346. The van der Waals surface area contributed by atoms with E-state index in [4.69, 9.17) is 4.42 Å². The Bertz CT molecular complexity index is 686. The molecule has 5 heteroatoms. The zero-order valence-corrected chi connectivity index (χ0v) is 12.1. The van der Waals surface area contributed by atoms with Gasteiger partial charge in [0.2, 0.25) is 0 Å². The van der Waals surface area contributed by atoms with Crippen LogP contribution in [0.1, 0.15) is 29.1 Å². The largest absolute Gasteiger partial charge is 0.441 e. The van der Waals surface area contributed by atoms with Crippen molar-refractivity contribution in [1.82, 2.24) is 15.2 Å². The first kappa shape index (κ1) is 12.8. The molecule has 1 aromatic carbocycles. The average Bonchev–Trinajstić information content (AvgIpc) is 2.88. The number of carbonyl (C=O) groups excluding carboxylic acids is 1. The van der Waals surface area contributed by atoms with Gasteiger partial charge in [0.05, 0.1) is 5.56 Å². The molecule has 3 aliphatic rings. The van der Waals surface area contributed by atoms with Crippen molar-refractivity contribution >= 4 is 17.0 Å². The minimum absolute atomic E-state index is 0.0346. The maximum Gasteiger partial charge on any atom is 0.253 e. The smallest absolute Gasteiger partial charge is 0.253 e. The summed E-state index contributed by atoms with van der Waals surface area (Å²) in [7, 11) is 0. The highest BCUT2D eigenvalue weighted by molar-refractivity contribution is 6.04. The number of aryl methyl sites for hydroxylation is 1. The summed E-state index contributed by atoms with van der Waals surface area (Å²) < 4.78 is 5.50. The molecule has 1 amide bonds. The Morgan fingerprint density at radius 3 is 2.90 bits per heavy atom. The molecule has 3 fully saturated rings. The lowest BCUT2D eigenvalue weighted by Crippen LogP contribution is -2.57. The second-order valence-corrected chi connectivity index (χ2v) is 6.10. The Morgan fingerprint density at radius 2 is 2.19 bits per heavy atom. The van der Waals surface area contributed by atoms with Crippen LogP contribution < -0.4 is 5.32 Å². The zero-order chi connectivity index (χ0) is 14.4. The van der Waals surface area contributed by atoms with Gasteiger partial charge in [-0.1, -0.05) is 6.07 Å². The molecule has 0 aliphatic carbocycles. The van der Waals surface area contributed by atoms with Crippen molar-refractivity contribution in [1.29, 1.82) is 0 Å². The van der Waals surface area contributed by atoms with Gasteiger partial charge < -0.3 is 14.6 Å². The van der Waals surface area contributed by atoms with Crippen LogP contribution in [0.4, 0.5) is 0 Å². The highest BCUT2D eigenvalue weighted by atomic mass is 16.3. The third-order valence-corrected chi connectivity index (χ3v) is 4.74. The van der Waals surface area contributed by atoms with E-state index < -0.39 is 0 Å². The van der Waals surface area contributed by atoms with Crippen molar-refractivity contribution in [2.24, 2.45) is 5.92 Å². The van der Waals surface area contributed by atoms with Crippen LogP contribution in [0.3, 0.4) is 0 Å². The number of piperidine rings is 3. The SMILES string of the molecule is Cc1nc2c(C(=O)N[C@H]3CN4CCC3CC4)cccc2o1. The molecule has 1 N–H and O–H groups in total. The van der Waals surface area contributed by atoms with E-state index in [2.05, 4.69) is 15.2 Å².